The van der Waals surface area contributed by atoms with Gasteiger partial charge in [0.25, 0.3) is 0 Å². The lowest BCUT2D eigenvalue weighted by Crippen LogP contribution is -2.08. The van der Waals surface area contributed by atoms with Crippen LogP contribution in [0, 0.1) is 5.92 Å². The lowest BCUT2D eigenvalue weighted by molar-refractivity contribution is -0.139. The molecule has 0 aliphatic heterocycles. The topological polar surface area (TPSA) is 26.3 Å². The van der Waals surface area contributed by atoms with Crippen LogP contribution < -0.4 is 0 Å². The molecule has 136 valence electrons. The van der Waals surface area contributed by atoms with Crippen molar-refractivity contribution in [1.82, 2.24) is 0 Å². The molecule has 0 fully saturated rings. The Balaban J connectivity index is 3.39. The first kappa shape index (κ1) is 22.2. The summed E-state index contributed by atoms with van der Waals surface area (Å²) in [6.07, 6.45) is 15.6. The Morgan fingerprint density at radius 3 is 2.09 bits per heavy atom. The van der Waals surface area contributed by atoms with Crippen molar-refractivity contribution >= 4 is 5.97 Å². The van der Waals surface area contributed by atoms with Crippen molar-refractivity contribution in [3.63, 3.8) is 0 Å². The third-order valence-electron chi connectivity index (χ3n) is 4.28. The Hall–Kier alpha value is -0.790. The van der Waals surface area contributed by atoms with Gasteiger partial charge in [-0.1, -0.05) is 91.6 Å². The highest BCUT2D eigenvalue weighted by atomic mass is 16.5. The average molecular weight is 325 g/mol. The summed E-state index contributed by atoms with van der Waals surface area (Å²) in [6, 6.07) is 0. The molecule has 0 aromatic rings. The molecule has 2 nitrogen and oxygen atoms in total. The predicted molar refractivity (Wildman–Crippen MR) is 101 cm³/mol. The van der Waals surface area contributed by atoms with Crippen LogP contribution in [0.1, 0.15) is 104 Å². The van der Waals surface area contributed by atoms with Crippen LogP contribution >= 0.6 is 0 Å². The Morgan fingerprint density at radius 1 is 0.870 bits per heavy atom. The monoisotopic (exact) mass is 324 g/mol. The Bertz CT molecular complexity index is 294. The van der Waals surface area contributed by atoms with Crippen LogP contribution in [0.25, 0.3) is 0 Å². The van der Waals surface area contributed by atoms with Crippen LogP contribution in [0.15, 0.2) is 12.2 Å². The van der Waals surface area contributed by atoms with Crippen molar-refractivity contribution in [1.29, 1.82) is 0 Å². The van der Waals surface area contributed by atoms with Crippen LogP contribution in [-0.4, -0.2) is 12.6 Å². The van der Waals surface area contributed by atoms with Gasteiger partial charge in [0.15, 0.2) is 0 Å². The van der Waals surface area contributed by atoms with Gasteiger partial charge in [-0.2, -0.15) is 0 Å². The molecule has 0 rings (SSSR count). The normalized spacial score (nSPS) is 11.0. The van der Waals surface area contributed by atoms with Crippen molar-refractivity contribution in [2.45, 2.75) is 104 Å². The van der Waals surface area contributed by atoms with Gasteiger partial charge in [0, 0.05) is 5.57 Å². The second kappa shape index (κ2) is 16.1. The average Bonchev–Trinajstić information content (AvgIpc) is 2.52. The molecule has 0 saturated heterocycles. The molecule has 0 bridgehead atoms. The van der Waals surface area contributed by atoms with Crippen LogP contribution in [0.3, 0.4) is 0 Å². The van der Waals surface area contributed by atoms with Gasteiger partial charge in [-0.15, -0.1) is 0 Å². The molecule has 0 N–H and O–H groups in total. The Kier molecular flexibility index (Phi) is 15.5. The molecule has 0 aromatic heterocycles. The van der Waals surface area contributed by atoms with Gasteiger partial charge in [0.1, 0.15) is 0 Å². The van der Waals surface area contributed by atoms with E-state index in [0.29, 0.717) is 12.2 Å². The molecular weight excluding hydrogens is 284 g/mol. The molecule has 0 amide bonds. The second-order valence-corrected chi connectivity index (χ2v) is 7.21. The first-order valence-corrected chi connectivity index (χ1v) is 9.92. The van der Waals surface area contributed by atoms with Crippen molar-refractivity contribution in [3.8, 4) is 0 Å². The fraction of sp³-hybridized carbons (Fsp3) is 0.857. The van der Waals surface area contributed by atoms with E-state index in [0.717, 1.165) is 31.6 Å². The molecule has 0 radical (unpaired) electrons. The van der Waals surface area contributed by atoms with E-state index >= 15 is 0 Å². The molecule has 0 aliphatic rings. The van der Waals surface area contributed by atoms with Gasteiger partial charge in [-0.3, -0.25) is 0 Å². The zero-order chi connectivity index (χ0) is 17.3. The Labute approximate surface area is 145 Å². The summed E-state index contributed by atoms with van der Waals surface area (Å²) >= 11 is 0. The van der Waals surface area contributed by atoms with Crippen LogP contribution in [0.4, 0.5) is 0 Å². The fourth-order valence-electron chi connectivity index (χ4n) is 2.67. The number of hydrogen-bond donors (Lipinski definition) is 0. The van der Waals surface area contributed by atoms with Gasteiger partial charge in [0.05, 0.1) is 6.61 Å². The maximum Gasteiger partial charge on any atom is 0.333 e. The molecule has 0 spiro atoms. The molecule has 0 aromatic carbocycles. The van der Waals surface area contributed by atoms with Crippen LogP contribution in [0.2, 0.25) is 0 Å². The number of unbranched alkanes of at least 4 members (excludes halogenated alkanes) is 9. The molecule has 0 aliphatic carbocycles. The predicted octanol–water partition coefficient (Wildman–Crippen LogP) is 6.83. The number of hydrogen-bond acceptors (Lipinski definition) is 2. The maximum absolute atomic E-state index is 11.8. The van der Waals surface area contributed by atoms with E-state index in [1.807, 2.05) is 0 Å². The summed E-state index contributed by atoms with van der Waals surface area (Å²) in [7, 11) is 0. The van der Waals surface area contributed by atoms with Crippen molar-refractivity contribution in [2.24, 2.45) is 5.92 Å². The zero-order valence-corrected chi connectivity index (χ0v) is 16.0. The summed E-state index contributed by atoms with van der Waals surface area (Å²) in [4.78, 5) is 11.8. The van der Waals surface area contributed by atoms with E-state index in [1.54, 1.807) is 0 Å². The van der Waals surface area contributed by atoms with Gasteiger partial charge >= 0.3 is 5.97 Å². The lowest BCUT2D eigenvalue weighted by atomic mass is 10.0. The summed E-state index contributed by atoms with van der Waals surface area (Å²) in [6.45, 7) is 11.2. The van der Waals surface area contributed by atoms with E-state index in [-0.39, 0.29) is 5.97 Å². The van der Waals surface area contributed by atoms with Gasteiger partial charge < -0.3 is 4.74 Å². The quantitative estimate of drug-likeness (QED) is 0.177. The smallest absolute Gasteiger partial charge is 0.333 e. The standard InChI is InChI=1S/C21H40O2/c1-5-6-7-8-11-14-17-20(4)21(22)23-18-15-12-9-10-13-16-19(2)3/h19H,4-18H2,1-3H3. The fourth-order valence-corrected chi connectivity index (χ4v) is 2.67. The molecule has 0 saturated carbocycles. The maximum atomic E-state index is 11.8. The molecule has 2 heteroatoms. The van der Waals surface area contributed by atoms with Crippen molar-refractivity contribution in [2.75, 3.05) is 6.61 Å². The summed E-state index contributed by atoms with van der Waals surface area (Å²) in [5.74, 6) is 0.631. The minimum Gasteiger partial charge on any atom is -0.462 e. The van der Waals surface area contributed by atoms with E-state index in [9.17, 15) is 4.79 Å². The van der Waals surface area contributed by atoms with E-state index in [4.69, 9.17) is 4.74 Å². The number of ether oxygens (including phenoxy) is 1. The summed E-state index contributed by atoms with van der Waals surface area (Å²) < 4.78 is 5.31. The minimum atomic E-state index is -0.182. The van der Waals surface area contributed by atoms with Crippen LogP contribution in [0.5, 0.6) is 0 Å². The van der Waals surface area contributed by atoms with Gasteiger partial charge in [-0.25, -0.2) is 4.79 Å². The first-order valence-electron chi connectivity index (χ1n) is 9.92. The van der Waals surface area contributed by atoms with Gasteiger partial charge in [0.2, 0.25) is 0 Å². The van der Waals surface area contributed by atoms with E-state index < -0.39 is 0 Å². The Morgan fingerprint density at radius 2 is 1.43 bits per heavy atom. The van der Waals surface area contributed by atoms with Gasteiger partial charge in [-0.05, 0) is 25.2 Å². The number of carbonyl (C=O) groups excluding carboxylic acids is 1. The summed E-state index contributed by atoms with van der Waals surface area (Å²) in [5, 5.41) is 0. The van der Waals surface area contributed by atoms with E-state index in [1.165, 1.54) is 57.8 Å². The zero-order valence-electron chi connectivity index (χ0n) is 16.0. The molecular formula is C21H40O2. The number of esters is 1. The molecule has 0 unspecified atom stereocenters. The second-order valence-electron chi connectivity index (χ2n) is 7.21. The molecule has 0 heterocycles. The third-order valence-corrected chi connectivity index (χ3v) is 4.28. The highest BCUT2D eigenvalue weighted by Crippen LogP contribution is 2.13. The third kappa shape index (κ3) is 15.9. The highest BCUT2D eigenvalue weighted by molar-refractivity contribution is 5.87. The minimum absolute atomic E-state index is 0.182. The number of rotatable bonds is 16. The largest absolute Gasteiger partial charge is 0.462 e. The lowest BCUT2D eigenvalue weighted by Gasteiger charge is -2.08. The SMILES string of the molecule is C=C(CCCCCCCC)C(=O)OCCCCCCCC(C)C. The van der Waals surface area contributed by atoms with E-state index in [2.05, 4.69) is 27.4 Å². The van der Waals surface area contributed by atoms with Crippen molar-refractivity contribution in [3.05, 3.63) is 12.2 Å². The summed E-state index contributed by atoms with van der Waals surface area (Å²) in [5.41, 5.74) is 0.650. The first-order chi connectivity index (χ1) is 11.1. The molecule has 0 atom stereocenters. The number of carbonyl (C=O) groups is 1. The molecule has 23 heavy (non-hydrogen) atoms. The van der Waals surface area contributed by atoms with Crippen molar-refractivity contribution < 1.29 is 9.53 Å². The van der Waals surface area contributed by atoms with Crippen LogP contribution in [-0.2, 0) is 9.53 Å². The highest BCUT2D eigenvalue weighted by Gasteiger charge is 2.07.